The molecule has 0 atom stereocenters. The summed E-state index contributed by atoms with van der Waals surface area (Å²) < 4.78 is 5.90. The van der Waals surface area contributed by atoms with Crippen molar-refractivity contribution in [3.8, 4) is 5.75 Å². The summed E-state index contributed by atoms with van der Waals surface area (Å²) in [5, 5.41) is 3.52. The Hall–Kier alpha value is -1.84. The van der Waals surface area contributed by atoms with Crippen LogP contribution < -0.4 is 10.1 Å². The zero-order chi connectivity index (χ0) is 17.9. The van der Waals surface area contributed by atoms with Gasteiger partial charge in [-0.15, -0.1) is 0 Å². The SMILES string of the molecule is CCN(CC)CCCNCc1ccc(OCc2ccccc2C)cc1. The fraction of sp³-hybridized carbons (Fsp3) is 0.455. The summed E-state index contributed by atoms with van der Waals surface area (Å²) in [6.07, 6.45) is 1.19. The Morgan fingerprint density at radius 3 is 2.36 bits per heavy atom. The predicted molar refractivity (Wildman–Crippen MR) is 106 cm³/mol. The lowest BCUT2D eigenvalue weighted by Gasteiger charge is -2.17. The lowest BCUT2D eigenvalue weighted by atomic mass is 10.1. The molecule has 0 aromatic heterocycles. The van der Waals surface area contributed by atoms with Gasteiger partial charge in [0.05, 0.1) is 0 Å². The molecule has 0 aliphatic heterocycles. The summed E-state index contributed by atoms with van der Waals surface area (Å²) in [5.74, 6) is 0.925. The maximum atomic E-state index is 5.90. The molecule has 0 aliphatic carbocycles. The Labute approximate surface area is 153 Å². The van der Waals surface area contributed by atoms with Crippen LogP contribution >= 0.6 is 0 Å². The van der Waals surface area contributed by atoms with Gasteiger partial charge in [0.1, 0.15) is 12.4 Å². The maximum Gasteiger partial charge on any atom is 0.119 e. The quantitative estimate of drug-likeness (QED) is 0.614. The Morgan fingerprint density at radius 1 is 0.960 bits per heavy atom. The van der Waals surface area contributed by atoms with E-state index in [-0.39, 0.29) is 0 Å². The summed E-state index contributed by atoms with van der Waals surface area (Å²) >= 11 is 0. The van der Waals surface area contributed by atoms with Gasteiger partial charge in [0.25, 0.3) is 0 Å². The molecule has 0 bridgehead atoms. The van der Waals surface area contributed by atoms with E-state index >= 15 is 0 Å². The minimum Gasteiger partial charge on any atom is -0.489 e. The van der Waals surface area contributed by atoms with E-state index in [9.17, 15) is 0 Å². The third-order valence-corrected chi connectivity index (χ3v) is 4.63. The number of nitrogens with zero attached hydrogens (tertiary/aromatic N) is 1. The van der Waals surface area contributed by atoms with Gasteiger partial charge in [-0.1, -0.05) is 50.2 Å². The van der Waals surface area contributed by atoms with Gasteiger partial charge in [0.15, 0.2) is 0 Å². The second kappa shape index (κ2) is 10.9. The maximum absolute atomic E-state index is 5.90. The molecule has 0 unspecified atom stereocenters. The van der Waals surface area contributed by atoms with Crippen LogP contribution in [0.1, 0.15) is 37.0 Å². The Balaban J connectivity index is 1.68. The number of rotatable bonds is 11. The summed E-state index contributed by atoms with van der Waals surface area (Å²) in [7, 11) is 0. The van der Waals surface area contributed by atoms with Crippen molar-refractivity contribution >= 4 is 0 Å². The molecule has 0 spiro atoms. The highest BCUT2D eigenvalue weighted by atomic mass is 16.5. The minimum atomic E-state index is 0.621. The lowest BCUT2D eigenvalue weighted by molar-refractivity contribution is 0.298. The number of hydrogen-bond donors (Lipinski definition) is 1. The van der Waals surface area contributed by atoms with Crippen molar-refractivity contribution in [3.05, 3.63) is 65.2 Å². The summed E-state index contributed by atoms with van der Waals surface area (Å²) in [4.78, 5) is 2.46. The first-order chi connectivity index (χ1) is 12.2. The molecule has 2 aromatic rings. The van der Waals surface area contributed by atoms with Crippen LogP contribution in [-0.4, -0.2) is 31.1 Å². The van der Waals surface area contributed by atoms with E-state index in [1.165, 1.54) is 29.7 Å². The zero-order valence-corrected chi connectivity index (χ0v) is 15.9. The molecule has 25 heavy (non-hydrogen) atoms. The van der Waals surface area contributed by atoms with E-state index < -0.39 is 0 Å². The number of nitrogens with one attached hydrogen (secondary N) is 1. The van der Waals surface area contributed by atoms with Gasteiger partial charge in [0, 0.05) is 6.54 Å². The van der Waals surface area contributed by atoms with Crippen LogP contribution in [0.4, 0.5) is 0 Å². The molecule has 2 rings (SSSR count). The fourth-order valence-corrected chi connectivity index (χ4v) is 2.84. The molecule has 0 heterocycles. The highest BCUT2D eigenvalue weighted by Gasteiger charge is 2.01. The monoisotopic (exact) mass is 340 g/mol. The number of ether oxygens (including phenoxy) is 1. The second-order valence-electron chi connectivity index (χ2n) is 6.42. The Morgan fingerprint density at radius 2 is 1.68 bits per heavy atom. The second-order valence-corrected chi connectivity index (χ2v) is 6.42. The molecule has 2 aromatic carbocycles. The van der Waals surface area contributed by atoms with Crippen LogP contribution in [-0.2, 0) is 13.2 Å². The summed E-state index contributed by atoms with van der Waals surface area (Å²) in [6.45, 7) is 12.6. The Bertz CT molecular complexity index is 606. The van der Waals surface area contributed by atoms with Crippen LogP contribution in [0.25, 0.3) is 0 Å². The van der Waals surface area contributed by atoms with Crippen molar-refractivity contribution in [1.82, 2.24) is 10.2 Å². The zero-order valence-electron chi connectivity index (χ0n) is 15.9. The highest BCUT2D eigenvalue weighted by Crippen LogP contribution is 2.15. The van der Waals surface area contributed by atoms with Gasteiger partial charge in [-0.3, -0.25) is 0 Å². The fourth-order valence-electron chi connectivity index (χ4n) is 2.84. The lowest BCUT2D eigenvalue weighted by Crippen LogP contribution is -2.27. The molecule has 0 amide bonds. The molecule has 0 fully saturated rings. The third-order valence-electron chi connectivity index (χ3n) is 4.63. The predicted octanol–water partition coefficient (Wildman–Crippen LogP) is 4.40. The molecule has 1 N–H and O–H groups in total. The molecule has 0 saturated carbocycles. The van der Waals surface area contributed by atoms with E-state index in [0.717, 1.165) is 31.9 Å². The van der Waals surface area contributed by atoms with Gasteiger partial charge < -0.3 is 15.0 Å². The number of benzene rings is 2. The largest absolute Gasteiger partial charge is 0.489 e. The normalized spacial score (nSPS) is 11.0. The highest BCUT2D eigenvalue weighted by molar-refractivity contribution is 5.29. The Kier molecular flexibility index (Phi) is 8.50. The van der Waals surface area contributed by atoms with Crippen LogP contribution in [0.2, 0.25) is 0 Å². The van der Waals surface area contributed by atoms with Gasteiger partial charge in [-0.2, -0.15) is 0 Å². The topological polar surface area (TPSA) is 24.5 Å². The standard InChI is InChI=1S/C22H32N2O/c1-4-24(5-2)16-8-15-23-17-20-11-13-22(14-12-20)25-18-21-10-7-6-9-19(21)3/h6-7,9-14,23H,4-5,8,15-18H2,1-3H3. The summed E-state index contributed by atoms with van der Waals surface area (Å²) in [6, 6.07) is 16.8. The first-order valence-electron chi connectivity index (χ1n) is 9.42. The van der Waals surface area contributed by atoms with E-state index in [1.54, 1.807) is 0 Å². The van der Waals surface area contributed by atoms with Crippen molar-refractivity contribution in [2.24, 2.45) is 0 Å². The van der Waals surface area contributed by atoms with E-state index in [0.29, 0.717) is 6.61 Å². The first kappa shape index (κ1) is 19.5. The van der Waals surface area contributed by atoms with Crippen molar-refractivity contribution < 1.29 is 4.74 Å². The molecule has 0 aliphatic rings. The van der Waals surface area contributed by atoms with Crippen LogP contribution in [0.15, 0.2) is 48.5 Å². The molecule has 3 nitrogen and oxygen atoms in total. The summed E-state index contributed by atoms with van der Waals surface area (Å²) in [5.41, 5.74) is 3.81. The average Bonchev–Trinajstić information content (AvgIpc) is 2.65. The van der Waals surface area contributed by atoms with Gasteiger partial charge in [0.2, 0.25) is 0 Å². The van der Waals surface area contributed by atoms with Crippen molar-refractivity contribution in [3.63, 3.8) is 0 Å². The van der Waals surface area contributed by atoms with Crippen molar-refractivity contribution in [2.45, 2.75) is 40.3 Å². The van der Waals surface area contributed by atoms with E-state index in [2.05, 4.69) is 79.5 Å². The average molecular weight is 341 g/mol. The molecule has 136 valence electrons. The van der Waals surface area contributed by atoms with Gasteiger partial charge in [-0.05, 0) is 68.3 Å². The van der Waals surface area contributed by atoms with E-state index in [4.69, 9.17) is 4.74 Å². The van der Waals surface area contributed by atoms with Crippen LogP contribution in [0.3, 0.4) is 0 Å². The van der Waals surface area contributed by atoms with E-state index in [1.807, 2.05) is 0 Å². The van der Waals surface area contributed by atoms with Gasteiger partial charge >= 0.3 is 0 Å². The van der Waals surface area contributed by atoms with Crippen LogP contribution in [0, 0.1) is 6.92 Å². The van der Waals surface area contributed by atoms with Crippen molar-refractivity contribution in [2.75, 3.05) is 26.2 Å². The van der Waals surface area contributed by atoms with Gasteiger partial charge in [-0.25, -0.2) is 0 Å². The number of hydrogen-bond acceptors (Lipinski definition) is 3. The first-order valence-corrected chi connectivity index (χ1v) is 9.42. The number of aryl methyl sites for hydroxylation is 1. The smallest absolute Gasteiger partial charge is 0.119 e. The molecule has 0 radical (unpaired) electrons. The third kappa shape index (κ3) is 6.89. The molecular weight excluding hydrogens is 308 g/mol. The molecule has 3 heteroatoms. The minimum absolute atomic E-state index is 0.621. The molecule has 0 saturated heterocycles. The van der Waals surface area contributed by atoms with Crippen LogP contribution in [0.5, 0.6) is 5.75 Å². The van der Waals surface area contributed by atoms with Crippen molar-refractivity contribution in [1.29, 1.82) is 0 Å². The molecular formula is C22H32N2O.